The molecule has 6 nitrogen and oxygen atoms in total. The standard InChI is InChI=1S/C12H18N4O2/c1-3-14-11(17)7-15-12(18)9-6-8(2)4-5-10(9)16-13/h4-6,16H,3,7,13H2,1-2H3,(H,14,17)(H,15,18). The first-order chi connectivity index (χ1) is 8.58. The lowest BCUT2D eigenvalue weighted by atomic mass is 10.1. The Morgan fingerprint density at radius 3 is 2.61 bits per heavy atom. The molecule has 1 rings (SSSR count). The van der Waals surface area contributed by atoms with E-state index in [0.717, 1.165) is 5.56 Å². The number of aryl methyl sites for hydroxylation is 1. The van der Waals surface area contributed by atoms with Crippen molar-refractivity contribution in [2.75, 3.05) is 18.5 Å². The van der Waals surface area contributed by atoms with Crippen LogP contribution >= 0.6 is 0 Å². The maximum Gasteiger partial charge on any atom is 0.253 e. The molecule has 0 aromatic heterocycles. The number of carbonyl (C=O) groups excluding carboxylic acids is 2. The fourth-order valence-electron chi connectivity index (χ4n) is 1.49. The Kier molecular flexibility index (Phi) is 5.13. The average Bonchev–Trinajstić information content (AvgIpc) is 2.36. The molecule has 0 aliphatic carbocycles. The van der Waals surface area contributed by atoms with Crippen LogP contribution in [0.4, 0.5) is 5.69 Å². The van der Waals surface area contributed by atoms with E-state index in [9.17, 15) is 9.59 Å². The van der Waals surface area contributed by atoms with E-state index in [0.29, 0.717) is 17.8 Å². The number of nitrogens with one attached hydrogen (secondary N) is 3. The molecule has 18 heavy (non-hydrogen) atoms. The zero-order valence-electron chi connectivity index (χ0n) is 10.5. The van der Waals surface area contributed by atoms with Crippen molar-refractivity contribution in [1.82, 2.24) is 10.6 Å². The van der Waals surface area contributed by atoms with Crippen LogP contribution in [-0.4, -0.2) is 24.9 Å². The van der Waals surface area contributed by atoms with Crippen LogP contribution in [-0.2, 0) is 4.79 Å². The Bertz CT molecular complexity index is 446. The molecular formula is C12H18N4O2. The van der Waals surface area contributed by atoms with Gasteiger partial charge in [0.05, 0.1) is 17.8 Å². The SMILES string of the molecule is CCNC(=O)CNC(=O)c1cc(C)ccc1NN. The van der Waals surface area contributed by atoms with Crippen LogP contribution in [0.25, 0.3) is 0 Å². The van der Waals surface area contributed by atoms with Gasteiger partial charge in [0.2, 0.25) is 5.91 Å². The minimum absolute atomic E-state index is 0.0510. The first kappa shape index (κ1) is 14.0. The number of likely N-dealkylation sites (N-methyl/N-ethyl adjacent to an activating group) is 1. The second kappa shape index (κ2) is 6.61. The van der Waals surface area contributed by atoms with Crippen molar-refractivity contribution in [3.8, 4) is 0 Å². The minimum Gasteiger partial charge on any atom is -0.355 e. The third-order valence-corrected chi connectivity index (χ3v) is 2.36. The molecule has 0 bridgehead atoms. The van der Waals surface area contributed by atoms with Gasteiger partial charge in [-0.25, -0.2) is 0 Å². The molecular weight excluding hydrogens is 232 g/mol. The summed E-state index contributed by atoms with van der Waals surface area (Å²) >= 11 is 0. The zero-order chi connectivity index (χ0) is 13.5. The van der Waals surface area contributed by atoms with Crippen LogP contribution in [0.15, 0.2) is 18.2 Å². The summed E-state index contributed by atoms with van der Waals surface area (Å²) in [5.41, 5.74) is 4.34. The molecule has 0 aliphatic heterocycles. The largest absolute Gasteiger partial charge is 0.355 e. The molecule has 1 aromatic carbocycles. The van der Waals surface area contributed by atoms with Gasteiger partial charge in [0, 0.05) is 6.54 Å². The molecule has 0 unspecified atom stereocenters. The normalized spacial score (nSPS) is 9.72. The summed E-state index contributed by atoms with van der Waals surface area (Å²) < 4.78 is 0. The third kappa shape index (κ3) is 3.74. The quantitative estimate of drug-likeness (QED) is 0.441. The maximum absolute atomic E-state index is 11.9. The highest BCUT2D eigenvalue weighted by Crippen LogP contribution is 2.15. The summed E-state index contributed by atoms with van der Waals surface area (Å²) in [7, 11) is 0. The van der Waals surface area contributed by atoms with Crippen LogP contribution in [0.1, 0.15) is 22.8 Å². The van der Waals surface area contributed by atoms with Gasteiger partial charge in [0.15, 0.2) is 0 Å². The van der Waals surface area contributed by atoms with Crippen molar-refractivity contribution in [2.45, 2.75) is 13.8 Å². The number of anilines is 1. The second-order valence-electron chi connectivity index (χ2n) is 3.83. The topological polar surface area (TPSA) is 96.2 Å². The average molecular weight is 250 g/mol. The minimum atomic E-state index is -0.335. The summed E-state index contributed by atoms with van der Waals surface area (Å²) in [4.78, 5) is 23.1. The lowest BCUT2D eigenvalue weighted by molar-refractivity contribution is -0.120. The predicted octanol–water partition coefficient (Wildman–Crippen LogP) is 0.147. The number of carbonyl (C=O) groups is 2. The molecule has 0 heterocycles. The summed E-state index contributed by atoms with van der Waals surface area (Å²) in [5, 5.41) is 5.14. The van der Waals surface area contributed by atoms with Gasteiger partial charge < -0.3 is 16.1 Å². The van der Waals surface area contributed by atoms with Gasteiger partial charge >= 0.3 is 0 Å². The summed E-state index contributed by atoms with van der Waals surface area (Å²) in [6, 6.07) is 5.27. The van der Waals surface area contributed by atoms with E-state index in [2.05, 4.69) is 16.1 Å². The third-order valence-electron chi connectivity index (χ3n) is 2.36. The Hall–Kier alpha value is -2.08. The van der Waals surface area contributed by atoms with Crippen molar-refractivity contribution in [3.63, 3.8) is 0 Å². The monoisotopic (exact) mass is 250 g/mol. The highest BCUT2D eigenvalue weighted by Gasteiger charge is 2.12. The molecule has 0 atom stereocenters. The van der Waals surface area contributed by atoms with Gasteiger partial charge in [-0.1, -0.05) is 11.6 Å². The van der Waals surface area contributed by atoms with E-state index in [1.807, 2.05) is 19.9 Å². The van der Waals surface area contributed by atoms with E-state index >= 15 is 0 Å². The highest BCUT2D eigenvalue weighted by molar-refractivity contribution is 6.01. The van der Waals surface area contributed by atoms with Crippen molar-refractivity contribution < 1.29 is 9.59 Å². The molecule has 0 saturated heterocycles. The predicted molar refractivity (Wildman–Crippen MR) is 70.0 cm³/mol. The van der Waals surface area contributed by atoms with E-state index < -0.39 is 0 Å². The van der Waals surface area contributed by atoms with Gasteiger partial charge in [0.25, 0.3) is 5.91 Å². The lowest BCUT2D eigenvalue weighted by Gasteiger charge is -2.10. The second-order valence-corrected chi connectivity index (χ2v) is 3.83. The van der Waals surface area contributed by atoms with Crippen molar-refractivity contribution in [1.29, 1.82) is 0 Å². The number of rotatable bonds is 5. The Labute approximate surface area is 106 Å². The van der Waals surface area contributed by atoms with E-state index in [4.69, 9.17) is 5.84 Å². The highest BCUT2D eigenvalue weighted by atomic mass is 16.2. The van der Waals surface area contributed by atoms with E-state index in [1.165, 1.54) is 0 Å². The van der Waals surface area contributed by atoms with E-state index in [-0.39, 0.29) is 18.4 Å². The van der Waals surface area contributed by atoms with Crippen LogP contribution in [0.5, 0.6) is 0 Å². The smallest absolute Gasteiger partial charge is 0.253 e. The number of benzene rings is 1. The van der Waals surface area contributed by atoms with E-state index in [1.54, 1.807) is 12.1 Å². The van der Waals surface area contributed by atoms with Crippen LogP contribution in [0.2, 0.25) is 0 Å². The number of nitrogen functional groups attached to an aromatic ring is 1. The first-order valence-electron chi connectivity index (χ1n) is 5.70. The van der Waals surface area contributed by atoms with Crippen molar-refractivity contribution in [3.05, 3.63) is 29.3 Å². The molecule has 0 aliphatic rings. The molecule has 98 valence electrons. The first-order valence-corrected chi connectivity index (χ1v) is 5.70. The summed E-state index contributed by atoms with van der Waals surface area (Å²) in [5.74, 6) is 4.78. The molecule has 5 N–H and O–H groups in total. The zero-order valence-corrected chi connectivity index (χ0v) is 10.5. The maximum atomic E-state index is 11.9. The van der Waals surface area contributed by atoms with Gasteiger partial charge in [-0.2, -0.15) is 0 Å². The number of hydrazine groups is 1. The van der Waals surface area contributed by atoms with Gasteiger partial charge in [-0.05, 0) is 26.0 Å². The molecule has 6 heteroatoms. The fraction of sp³-hybridized carbons (Fsp3) is 0.333. The van der Waals surface area contributed by atoms with Crippen LogP contribution in [0.3, 0.4) is 0 Å². The summed E-state index contributed by atoms with van der Waals surface area (Å²) in [6.45, 7) is 4.18. The lowest BCUT2D eigenvalue weighted by Crippen LogP contribution is -2.37. The van der Waals surface area contributed by atoms with Crippen LogP contribution < -0.4 is 21.9 Å². The van der Waals surface area contributed by atoms with Crippen molar-refractivity contribution >= 4 is 17.5 Å². The van der Waals surface area contributed by atoms with Gasteiger partial charge in [0.1, 0.15) is 0 Å². The Morgan fingerprint density at radius 2 is 2.00 bits per heavy atom. The summed E-state index contributed by atoms with van der Waals surface area (Å²) in [6.07, 6.45) is 0. The molecule has 0 radical (unpaired) electrons. The van der Waals surface area contributed by atoms with Gasteiger partial charge in [-0.3, -0.25) is 15.4 Å². The number of amides is 2. The number of hydrogen-bond acceptors (Lipinski definition) is 4. The molecule has 0 spiro atoms. The number of nitrogens with two attached hydrogens (primary N) is 1. The number of hydrogen-bond donors (Lipinski definition) is 4. The fourth-order valence-corrected chi connectivity index (χ4v) is 1.49. The molecule has 0 fully saturated rings. The molecule has 0 saturated carbocycles. The van der Waals surface area contributed by atoms with Crippen molar-refractivity contribution in [2.24, 2.45) is 5.84 Å². The Morgan fingerprint density at radius 1 is 1.28 bits per heavy atom. The van der Waals surface area contributed by atoms with Gasteiger partial charge in [-0.15, -0.1) is 0 Å². The van der Waals surface area contributed by atoms with Crippen LogP contribution in [0, 0.1) is 6.92 Å². The molecule has 1 aromatic rings. The molecule has 2 amide bonds. The Balaban J connectivity index is 2.71.